The number of rotatable bonds is 9. The number of hydrogen-bond donors (Lipinski definition) is 1. The van der Waals surface area contributed by atoms with Gasteiger partial charge in [0.15, 0.2) is 0 Å². The third-order valence-electron chi connectivity index (χ3n) is 4.56. The molecule has 6 heteroatoms. The second kappa shape index (κ2) is 11.1. The van der Waals surface area contributed by atoms with Crippen LogP contribution in [-0.2, 0) is 22.6 Å². The van der Waals surface area contributed by atoms with Crippen LogP contribution in [-0.4, -0.2) is 29.3 Å². The van der Waals surface area contributed by atoms with Gasteiger partial charge in [0.1, 0.15) is 6.04 Å². The molecule has 2 amide bonds. The van der Waals surface area contributed by atoms with E-state index in [1.54, 1.807) is 30.0 Å². The summed E-state index contributed by atoms with van der Waals surface area (Å²) in [6.45, 7) is 4.69. The molecule has 0 aromatic heterocycles. The summed E-state index contributed by atoms with van der Waals surface area (Å²) >= 11 is 12.2. The Balaban J connectivity index is 2.19. The predicted molar refractivity (Wildman–Crippen MR) is 115 cm³/mol. The minimum Gasteiger partial charge on any atom is -0.354 e. The standard InChI is InChI=1S/C22H26Cl2N2O2/c1-3-4-13-25-22(28)16(2)26(15-18-7-5-6-8-20(18)24)21(27)14-17-9-11-19(23)12-10-17/h5-12,16H,3-4,13-15H2,1-2H3,(H,25,28)/t16-/m0/s1. The molecule has 150 valence electrons. The molecule has 0 unspecified atom stereocenters. The number of unbranched alkanes of at least 4 members (excludes halogenated alkanes) is 1. The quantitative estimate of drug-likeness (QED) is 0.588. The molecule has 0 saturated heterocycles. The topological polar surface area (TPSA) is 49.4 Å². The summed E-state index contributed by atoms with van der Waals surface area (Å²) in [5.74, 6) is -0.301. The number of hydrogen-bond acceptors (Lipinski definition) is 2. The summed E-state index contributed by atoms with van der Waals surface area (Å²) in [5.41, 5.74) is 1.65. The second-order valence-corrected chi connectivity index (χ2v) is 7.58. The van der Waals surface area contributed by atoms with Crippen molar-refractivity contribution in [3.8, 4) is 0 Å². The average Bonchev–Trinajstić information content (AvgIpc) is 2.68. The normalized spacial score (nSPS) is 11.7. The fourth-order valence-corrected chi connectivity index (χ4v) is 3.13. The van der Waals surface area contributed by atoms with Gasteiger partial charge in [0.25, 0.3) is 0 Å². The first-order valence-electron chi connectivity index (χ1n) is 9.47. The maximum atomic E-state index is 13.1. The van der Waals surface area contributed by atoms with Crippen LogP contribution in [0.1, 0.15) is 37.8 Å². The first-order chi connectivity index (χ1) is 13.4. The van der Waals surface area contributed by atoms with Gasteiger partial charge in [0, 0.05) is 23.1 Å². The van der Waals surface area contributed by atoms with Crippen LogP contribution in [0.3, 0.4) is 0 Å². The van der Waals surface area contributed by atoms with Crippen LogP contribution in [0.4, 0.5) is 0 Å². The minimum atomic E-state index is -0.604. The Morgan fingerprint density at radius 1 is 1.07 bits per heavy atom. The molecule has 2 aromatic rings. The van der Waals surface area contributed by atoms with E-state index in [1.807, 2.05) is 30.3 Å². The third kappa shape index (κ3) is 6.54. The van der Waals surface area contributed by atoms with Crippen LogP contribution in [0.2, 0.25) is 10.0 Å². The van der Waals surface area contributed by atoms with Crippen LogP contribution in [0.15, 0.2) is 48.5 Å². The molecule has 0 spiro atoms. The van der Waals surface area contributed by atoms with Gasteiger partial charge in [0.2, 0.25) is 11.8 Å². The fourth-order valence-electron chi connectivity index (χ4n) is 2.81. The van der Waals surface area contributed by atoms with E-state index in [-0.39, 0.29) is 24.8 Å². The molecule has 1 atom stereocenters. The van der Waals surface area contributed by atoms with Crippen LogP contribution in [0.5, 0.6) is 0 Å². The SMILES string of the molecule is CCCCNC(=O)[C@H](C)N(Cc1ccccc1Cl)C(=O)Cc1ccc(Cl)cc1. The molecule has 1 N–H and O–H groups in total. The van der Waals surface area contributed by atoms with Crippen molar-refractivity contribution in [1.29, 1.82) is 0 Å². The first kappa shape index (κ1) is 22.3. The zero-order chi connectivity index (χ0) is 20.5. The van der Waals surface area contributed by atoms with E-state index in [4.69, 9.17) is 23.2 Å². The van der Waals surface area contributed by atoms with Crippen molar-refractivity contribution < 1.29 is 9.59 Å². The fraction of sp³-hybridized carbons (Fsp3) is 0.364. The van der Waals surface area contributed by atoms with Gasteiger partial charge in [-0.1, -0.05) is 66.9 Å². The highest BCUT2D eigenvalue weighted by Crippen LogP contribution is 2.20. The zero-order valence-electron chi connectivity index (χ0n) is 16.3. The summed E-state index contributed by atoms with van der Waals surface area (Å²) in [4.78, 5) is 27.2. The predicted octanol–water partition coefficient (Wildman–Crippen LogP) is 4.87. The van der Waals surface area contributed by atoms with E-state index in [0.29, 0.717) is 16.6 Å². The molecule has 0 aliphatic carbocycles. The Bertz CT molecular complexity index is 793. The van der Waals surface area contributed by atoms with E-state index < -0.39 is 6.04 Å². The molecular formula is C22H26Cl2N2O2. The van der Waals surface area contributed by atoms with Crippen molar-refractivity contribution in [2.45, 2.75) is 45.7 Å². The molecule has 2 rings (SSSR count). The van der Waals surface area contributed by atoms with E-state index >= 15 is 0 Å². The average molecular weight is 421 g/mol. The summed E-state index contributed by atoms with van der Waals surface area (Å²) in [5, 5.41) is 4.10. The maximum Gasteiger partial charge on any atom is 0.242 e. The van der Waals surface area contributed by atoms with Gasteiger partial charge in [-0.15, -0.1) is 0 Å². The van der Waals surface area contributed by atoms with Crippen molar-refractivity contribution in [3.63, 3.8) is 0 Å². The highest BCUT2D eigenvalue weighted by molar-refractivity contribution is 6.31. The molecule has 0 aliphatic heterocycles. The smallest absolute Gasteiger partial charge is 0.242 e. The Morgan fingerprint density at radius 3 is 2.39 bits per heavy atom. The lowest BCUT2D eigenvalue weighted by Crippen LogP contribution is -2.48. The summed E-state index contributed by atoms with van der Waals surface area (Å²) in [6, 6.07) is 13.9. The zero-order valence-corrected chi connectivity index (χ0v) is 17.8. The highest BCUT2D eigenvalue weighted by Gasteiger charge is 2.26. The molecule has 0 saturated carbocycles. The van der Waals surface area contributed by atoms with Gasteiger partial charge in [-0.25, -0.2) is 0 Å². The van der Waals surface area contributed by atoms with Crippen molar-refractivity contribution in [1.82, 2.24) is 10.2 Å². The van der Waals surface area contributed by atoms with E-state index in [1.165, 1.54) is 0 Å². The van der Waals surface area contributed by atoms with Crippen molar-refractivity contribution in [2.24, 2.45) is 0 Å². The lowest BCUT2D eigenvalue weighted by molar-refractivity contribution is -0.140. The van der Waals surface area contributed by atoms with Gasteiger partial charge in [-0.3, -0.25) is 9.59 Å². The lowest BCUT2D eigenvalue weighted by atomic mass is 10.1. The first-order valence-corrected chi connectivity index (χ1v) is 10.2. The second-order valence-electron chi connectivity index (χ2n) is 6.74. The number of nitrogens with one attached hydrogen (secondary N) is 1. The number of carbonyl (C=O) groups is 2. The number of amides is 2. The number of halogens is 2. The minimum absolute atomic E-state index is 0.139. The molecule has 0 radical (unpaired) electrons. The largest absolute Gasteiger partial charge is 0.354 e. The molecule has 28 heavy (non-hydrogen) atoms. The highest BCUT2D eigenvalue weighted by atomic mass is 35.5. The third-order valence-corrected chi connectivity index (χ3v) is 5.18. The molecule has 0 fully saturated rings. The molecule has 0 heterocycles. The molecule has 0 bridgehead atoms. The molecule has 0 aliphatic rings. The van der Waals surface area contributed by atoms with Crippen LogP contribution >= 0.6 is 23.2 Å². The monoisotopic (exact) mass is 420 g/mol. The van der Waals surface area contributed by atoms with Gasteiger partial charge < -0.3 is 10.2 Å². The van der Waals surface area contributed by atoms with Crippen molar-refractivity contribution in [2.75, 3.05) is 6.54 Å². The Morgan fingerprint density at radius 2 is 1.75 bits per heavy atom. The van der Waals surface area contributed by atoms with Crippen LogP contribution < -0.4 is 5.32 Å². The molecular weight excluding hydrogens is 395 g/mol. The van der Waals surface area contributed by atoms with E-state index in [0.717, 1.165) is 24.0 Å². The number of carbonyl (C=O) groups excluding carboxylic acids is 2. The molecule has 2 aromatic carbocycles. The Kier molecular flexibility index (Phi) is 8.81. The Hall–Kier alpha value is -2.04. The van der Waals surface area contributed by atoms with Crippen LogP contribution in [0, 0.1) is 0 Å². The van der Waals surface area contributed by atoms with E-state index in [2.05, 4.69) is 12.2 Å². The maximum absolute atomic E-state index is 13.1. The van der Waals surface area contributed by atoms with Crippen molar-refractivity contribution in [3.05, 3.63) is 69.7 Å². The van der Waals surface area contributed by atoms with Gasteiger partial charge >= 0.3 is 0 Å². The lowest BCUT2D eigenvalue weighted by Gasteiger charge is -2.29. The Labute approximate surface area is 176 Å². The molecule has 4 nitrogen and oxygen atoms in total. The number of nitrogens with zero attached hydrogens (tertiary/aromatic N) is 1. The van der Waals surface area contributed by atoms with E-state index in [9.17, 15) is 9.59 Å². The van der Waals surface area contributed by atoms with Gasteiger partial charge in [-0.2, -0.15) is 0 Å². The summed E-state index contributed by atoms with van der Waals surface area (Å²) in [6.07, 6.45) is 2.09. The van der Waals surface area contributed by atoms with Gasteiger partial charge in [0.05, 0.1) is 6.42 Å². The van der Waals surface area contributed by atoms with Gasteiger partial charge in [-0.05, 0) is 42.7 Å². The van der Waals surface area contributed by atoms with Crippen molar-refractivity contribution >= 4 is 35.0 Å². The summed E-state index contributed by atoms with van der Waals surface area (Å²) in [7, 11) is 0. The van der Waals surface area contributed by atoms with Crippen LogP contribution in [0.25, 0.3) is 0 Å². The summed E-state index contributed by atoms with van der Waals surface area (Å²) < 4.78 is 0. The number of benzene rings is 2.